The van der Waals surface area contributed by atoms with Crippen molar-refractivity contribution in [1.29, 1.82) is 0 Å². The predicted molar refractivity (Wildman–Crippen MR) is 70.1 cm³/mol. The molecule has 0 bridgehead atoms. The van der Waals surface area contributed by atoms with Crippen molar-refractivity contribution >= 4 is 17.7 Å². The molecule has 2 amide bonds. The SMILES string of the molecule is Cc1cccc(C(=O)O)c1NC(=O)N(C)C(C)C. The summed E-state index contributed by atoms with van der Waals surface area (Å²) in [6.07, 6.45) is 0. The van der Waals surface area contributed by atoms with Crippen LogP contribution in [0.5, 0.6) is 0 Å². The number of benzene rings is 1. The topological polar surface area (TPSA) is 69.6 Å². The molecule has 98 valence electrons. The summed E-state index contributed by atoms with van der Waals surface area (Å²) in [6, 6.07) is 4.61. The molecular weight excluding hydrogens is 232 g/mol. The van der Waals surface area contributed by atoms with Gasteiger partial charge >= 0.3 is 12.0 Å². The molecule has 2 N–H and O–H groups in total. The number of anilines is 1. The average molecular weight is 250 g/mol. The summed E-state index contributed by atoms with van der Waals surface area (Å²) in [5, 5.41) is 11.7. The van der Waals surface area contributed by atoms with E-state index in [0.29, 0.717) is 5.69 Å². The number of hydrogen-bond donors (Lipinski definition) is 2. The molecule has 5 heteroatoms. The highest BCUT2D eigenvalue weighted by molar-refractivity contribution is 6.00. The third-order valence-electron chi connectivity index (χ3n) is 2.83. The van der Waals surface area contributed by atoms with Crippen LogP contribution in [0.4, 0.5) is 10.5 Å². The molecule has 0 aliphatic heterocycles. The number of nitrogens with one attached hydrogen (secondary N) is 1. The molecule has 5 nitrogen and oxygen atoms in total. The van der Waals surface area contributed by atoms with E-state index in [-0.39, 0.29) is 17.6 Å². The maximum absolute atomic E-state index is 11.9. The number of rotatable bonds is 3. The Morgan fingerprint density at radius 2 is 1.94 bits per heavy atom. The van der Waals surface area contributed by atoms with Gasteiger partial charge in [0.25, 0.3) is 0 Å². The predicted octanol–water partition coefficient (Wildman–Crippen LogP) is 2.57. The maximum atomic E-state index is 11.9. The van der Waals surface area contributed by atoms with E-state index in [1.165, 1.54) is 11.0 Å². The van der Waals surface area contributed by atoms with Crippen LogP contribution in [0.3, 0.4) is 0 Å². The minimum atomic E-state index is -1.05. The zero-order valence-electron chi connectivity index (χ0n) is 11.0. The van der Waals surface area contributed by atoms with Crippen LogP contribution in [0.1, 0.15) is 29.8 Å². The lowest BCUT2D eigenvalue weighted by atomic mass is 10.1. The summed E-state index contributed by atoms with van der Waals surface area (Å²) in [4.78, 5) is 24.5. The van der Waals surface area contributed by atoms with E-state index >= 15 is 0 Å². The lowest BCUT2D eigenvalue weighted by molar-refractivity contribution is 0.0698. The van der Waals surface area contributed by atoms with Gasteiger partial charge in [-0.05, 0) is 32.4 Å². The fraction of sp³-hybridized carbons (Fsp3) is 0.385. The van der Waals surface area contributed by atoms with Crippen LogP contribution >= 0.6 is 0 Å². The first-order chi connectivity index (χ1) is 8.34. The van der Waals surface area contributed by atoms with E-state index in [2.05, 4.69) is 5.32 Å². The summed E-state index contributed by atoms with van der Waals surface area (Å²) < 4.78 is 0. The van der Waals surface area contributed by atoms with E-state index in [1.807, 2.05) is 13.8 Å². The smallest absolute Gasteiger partial charge is 0.337 e. The molecule has 0 radical (unpaired) electrons. The van der Waals surface area contributed by atoms with Crippen LogP contribution in [0, 0.1) is 6.92 Å². The molecule has 18 heavy (non-hydrogen) atoms. The fourth-order valence-electron chi connectivity index (χ4n) is 1.44. The zero-order chi connectivity index (χ0) is 13.9. The molecule has 0 atom stereocenters. The molecule has 0 saturated carbocycles. The Hall–Kier alpha value is -2.04. The molecule has 1 rings (SSSR count). The Kier molecular flexibility index (Phi) is 4.31. The minimum absolute atomic E-state index is 0.0438. The van der Waals surface area contributed by atoms with Gasteiger partial charge in [-0.2, -0.15) is 0 Å². The Bertz CT molecular complexity index is 469. The van der Waals surface area contributed by atoms with Gasteiger partial charge in [-0.15, -0.1) is 0 Å². The Labute approximate surface area is 106 Å². The van der Waals surface area contributed by atoms with Crippen molar-refractivity contribution in [1.82, 2.24) is 4.90 Å². The van der Waals surface area contributed by atoms with Gasteiger partial charge in [0.1, 0.15) is 0 Å². The molecule has 0 spiro atoms. The first-order valence-corrected chi connectivity index (χ1v) is 5.71. The van der Waals surface area contributed by atoms with Crippen molar-refractivity contribution in [2.45, 2.75) is 26.8 Å². The second-order valence-electron chi connectivity index (χ2n) is 4.44. The van der Waals surface area contributed by atoms with Gasteiger partial charge in [0, 0.05) is 13.1 Å². The standard InChI is InChI=1S/C13H18N2O3/c1-8(2)15(4)13(18)14-11-9(3)6-5-7-10(11)12(16)17/h5-8H,1-4H3,(H,14,18)(H,16,17). The number of amides is 2. The van der Waals surface area contributed by atoms with Crippen molar-refractivity contribution in [2.75, 3.05) is 12.4 Å². The summed E-state index contributed by atoms with van der Waals surface area (Å²) in [5.74, 6) is -1.05. The number of carbonyl (C=O) groups is 2. The maximum Gasteiger partial charge on any atom is 0.337 e. The molecule has 0 aromatic heterocycles. The Morgan fingerprint density at radius 3 is 2.44 bits per heavy atom. The highest BCUT2D eigenvalue weighted by Crippen LogP contribution is 2.21. The number of nitrogens with zero attached hydrogens (tertiary/aromatic N) is 1. The van der Waals surface area contributed by atoms with Crippen molar-refractivity contribution in [3.8, 4) is 0 Å². The molecular formula is C13H18N2O3. The van der Waals surface area contributed by atoms with Gasteiger partial charge in [-0.25, -0.2) is 9.59 Å². The van der Waals surface area contributed by atoms with Crippen molar-refractivity contribution in [3.05, 3.63) is 29.3 Å². The highest BCUT2D eigenvalue weighted by atomic mass is 16.4. The second kappa shape index (κ2) is 5.53. The monoisotopic (exact) mass is 250 g/mol. The normalized spacial score (nSPS) is 10.3. The first-order valence-electron chi connectivity index (χ1n) is 5.71. The first kappa shape index (κ1) is 14.0. The number of carboxylic acid groups (broad SMARTS) is 1. The molecule has 0 aliphatic carbocycles. The fourth-order valence-corrected chi connectivity index (χ4v) is 1.44. The van der Waals surface area contributed by atoms with Gasteiger partial charge in [0.2, 0.25) is 0 Å². The molecule has 0 fully saturated rings. The molecule has 1 aromatic rings. The van der Waals surface area contributed by atoms with E-state index < -0.39 is 5.97 Å². The van der Waals surface area contributed by atoms with Gasteiger partial charge in [0.05, 0.1) is 11.3 Å². The molecule has 0 heterocycles. The lowest BCUT2D eigenvalue weighted by Gasteiger charge is -2.23. The van der Waals surface area contributed by atoms with Crippen molar-refractivity contribution in [3.63, 3.8) is 0 Å². The van der Waals surface area contributed by atoms with E-state index in [4.69, 9.17) is 5.11 Å². The van der Waals surface area contributed by atoms with Gasteiger partial charge in [-0.1, -0.05) is 12.1 Å². The largest absolute Gasteiger partial charge is 0.478 e. The van der Waals surface area contributed by atoms with Crippen LogP contribution in [0.2, 0.25) is 0 Å². The van der Waals surface area contributed by atoms with Gasteiger partial charge < -0.3 is 15.3 Å². The van der Waals surface area contributed by atoms with Crippen LogP contribution in [0.15, 0.2) is 18.2 Å². The minimum Gasteiger partial charge on any atom is -0.478 e. The van der Waals surface area contributed by atoms with Gasteiger partial charge in [-0.3, -0.25) is 0 Å². The Balaban J connectivity index is 3.04. The number of carbonyl (C=O) groups excluding carboxylic acids is 1. The number of aryl methyl sites for hydroxylation is 1. The number of aromatic carboxylic acids is 1. The van der Waals surface area contributed by atoms with E-state index in [1.54, 1.807) is 26.1 Å². The van der Waals surface area contributed by atoms with Gasteiger partial charge in [0.15, 0.2) is 0 Å². The molecule has 0 aliphatic rings. The summed E-state index contributed by atoms with van der Waals surface area (Å²) in [7, 11) is 1.67. The molecule has 0 saturated heterocycles. The van der Waals surface area contributed by atoms with Crippen LogP contribution in [-0.2, 0) is 0 Å². The third-order valence-corrected chi connectivity index (χ3v) is 2.83. The summed E-state index contributed by atoms with van der Waals surface area (Å²) in [5.41, 5.74) is 1.17. The van der Waals surface area contributed by atoms with Crippen LogP contribution < -0.4 is 5.32 Å². The zero-order valence-corrected chi connectivity index (χ0v) is 11.0. The number of para-hydroxylation sites is 1. The summed E-state index contributed by atoms with van der Waals surface area (Å²) >= 11 is 0. The average Bonchev–Trinajstić information content (AvgIpc) is 2.30. The number of urea groups is 1. The second-order valence-corrected chi connectivity index (χ2v) is 4.44. The molecule has 1 aromatic carbocycles. The lowest BCUT2D eigenvalue weighted by Crippen LogP contribution is -2.37. The number of hydrogen-bond acceptors (Lipinski definition) is 2. The van der Waals surface area contributed by atoms with E-state index in [9.17, 15) is 9.59 Å². The van der Waals surface area contributed by atoms with E-state index in [0.717, 1.165) is 5.56 Å². The van der Waals surface area contributed by atoms with Crippen molar-refractivity contribution in [2.24, 2.45) is 0 Å². The summed E-state index contributed by atoms with van der Waals surface area (Å²) in [6.45, 7) is 5.53. The number of carboxylic acids is 1. The Morgan fingerprint density at radius 1 is 1.33 bits per heavy atom. The van der Waals surface area contributed by atoms with Crippen LogP contribution in [0.25, 0.3) is 0 Å². The van der Waals surface area contributed by atoms with Crippen molar-refractivity contribution < 1.29 is 14.7 Å². The van der Waals surface area contributed by atoms with Crippen LogP contribution in [-0.4, -0.2) is 35.1 Å². The molecule has 0 unspecified atom stereocenters. The highest BCUT2D eigenvalue weighted by Gasteiger charge is 2.17. The third kappa shape index (κ3) is 3.00. The quantitative estimate of drug-likeness (QED) is 0.866.